The summed E-state index contributed by atoms with van der Waals surface area (Å²) >= 11 is 0. The quantitative estimate of drug-likeness (QED) is 0.888. The predicted octanol–water partition coefficient (Wildman–Crippen LogP) is 2.64. The fraction of sp³-hybridized carbons (Fsp3) is 0.308. The minimum Gasteiger partial charge on any atom is -0.464 e. The van der Waals surface area contributed by atoms with Crippen molar-refractivity contribution < 1.29 is 13.6 Å². The number of hydrogen-bond acceptors (Lipinski definition) is 2. The molecule has 17 heavy (non-hydrogen) atoms. The molecule has 0 aliphatic heterocycles. The van der Waals surface area contributed by atoms with Gasteiger partial charge in [-0.1, -0.05) is 0 Å². The molecule has 0 fully saturated rings. The molecule has 0 radical (unpaired) electrons. The Morgan fingerprint density at radius 3 is 2.94 bits per heavy atom. The molecule has 0 unspecified atom stereocenters. The van der Waals surface area contributed by atoms with Gasteiger partial charge in [0.1, 0.15) is 11.4 Å². The van der Waals surface area contributed by atoms with Crippen LogP contribution in [0.3, 0.4) is 0 Å². The highest BCUT2D eigenvalue weighted by molar-refractivity contribution is 5.87. The number of nitrogens with one attached hydrogen (secondary N) is 1. The Labute approximate surface area is 98.6 Å². The number of carbonyl (C=O) groups excluding carboxylic acids is 1. The lowest BCUT2D eigenvalue weighted by Gasteiger charge is -2.07. The molecule has 90 valence electrons. The van der Waals surface area contributed by atoms with E-state index >= 15 is 0 Å². The Hall–Kier alpha value is -1.84. The summed E-state index contributed by atoms with van der Waals surface area (Å²) in [6.07, 6.45) is 1.71. The maximum Gasteiger partial charge on any atom is 0.224 e. The average Bonchev–Trinajstić information content (AvgIpc) is 2.60. The van der Waals surface area contributed by atoms with Crippen molar-refractivity contribution in [3.8, 4) is 0 Å². The Bertz CT molecular complexity index is 545. The summed E-state index contributed by atoms with van der Waals surface area (Å²) in [6.45, 7) is 3.79. The van der Waals surface area contributed by atoms with Crippen LogP contribution >= 0.6 is 0 Å². The van der Waals surface area contributed by atoms with Crippen molar-refractivity contribution in [3.05, 3.63) is 35.8 Å². The van der Waals surface area contributed by atoms with Gasteiger partial charge in [-0.3, -0.25) is 4.79 Å². The standard InChI is InChI=1S/C13H14FNO2/c1-8(2)15-13(16)5-9-7-17-12-4-3-10(14)6-11(9)12/h3-4,6-8H,5H2,1-2H3,(H,15,16). The molecule has 1 amide bonds. The molecule has 1 heterocycles. The number of amides is 1. The number of hydrogen-bond donors (Lipinski definition) is 1. The zero-order chi connectivity index (χ0) is 12.4. The predicted molar refractivity (Wildman–Crippen MR) is 63.2 cm³/mol. The first kappa shape index (κ1) is 11.6. The van der Waals surface area contributed by atoms with Crippen molar-refractivity contribution in [1.82, 2.24) is 5.32 Å². The van der Waals surface area contributed by atoms with Crippen LogP contribution < -0.4 is 5.32 Å². The van der Waals surface area contributed by atoms with Gasteiger partial charge in [-0.05, 0) is 32.0 Å². The second kappa shape index (κ2) is 4.57. The normalized spacial score (nSPS) is 11.1. The van der Waals surface area contributed by atoms with Gasteiger partial charge in [0.05, 0.1) is 12.7 Å². The Morgan fingerprint density at radius 2 is 2.24 bits per heavy atom. The van der Waals surface area contributed by atoms with E-state index in [4.69, 9.17) is 4.42 Å². The van der Waals surface area contributed by atoms with Gasteiger partial charge in [0, 0.05) is 17.0 Å². The molecule has 1 aromatic carbocycles. The molecule has 2 rings (SSSR count). The summed E-state index contributed by atoms with van der Waals surface area (Å²) < 4.78 is 18.4. The number of carbonyl (C=O) groups is 1. The molecular formula is C13H14FNO2. The summed E-state index contributed by atoms with van der Waals surface area (Å²) in [5.41, 5.74) is 1.30. The van der Waals surface area contributed by atoms with Crippen molar-refractivity contribution in [2.75, 3.05) is 0 Å². The molecule has 4 heteroatoms. The van der Waals surface area contributed by atoms with E-state index in [-0.39, 0.29) is 24.2 Å². The smallest absolute Gasteiger partial charge is 0.224 e. The van der Waals surface area contributed by atoms with Gasteiger partial charge in [0.2, 0.25) is 5.91 Å². The number of fused-ring (bicyclic) bond motifs is 1. The van der Waals surface area contributed by atoms with Gasteiger partial charge in [0.25, 0.3) is 0 Å². The first-order valence-electron chi connectivity index (χ1n) is 5.51. The van der Waals surface area contributed by atoms with Gasteiger partial charge in [0.15, 0.2) is 0 Å². The van der Waals surface area contributed by atoms with Crippen LogP contribution in [0.1, 0.15) is 19.4 Å². The number of benzene rings is 1. The van der Waals surface area contributed by atoms with Gasteiger partial charge < -0.3 is 9.73 Å². The Kier molecular flexibility index (Phi) is 3.13. The molecule has 1 aromatic heterocycles. The highest BCUT2D eigenvalue weighted by Crippen LogP contribution is 2.22. The van der Waals surface area contributed by atoms with Crippen molar-refractivity contribution in [2.24, 2.45) is 0 Å². The minimum atomic E-state index is -0.329. The molecular weight excluding hydrogens is 221 g/mol. The minimum absolute atomic E-state index is 0.0908. The van der Waals surface area contributed by atoms with Crippen molar-refractivity contribution in [1.29, 1.82) is 0 Å². The molecule has 2 aromatic rings. The molecule has 0 saturated carbocycles. The maximum atomic E-state index is 13.1. The Balaban J connectivity index is 2.24. The lowest BCUT2D eigenvalue weighted by atomic mass is 10.1. The van der Waals surface area contributed by atoms with Gasteiger partial charge in [-0.25, -0.2) is 4.39 Å². The van der Waals surface area contributed by atoms with E-state index in [0.717, 1.165) is 0 Å². The maximum absolute atomic E-state index is 13.1. The van der Waals surface area contributed by atoms with Crippen molar-refractivity contribution >= 4 is 16.9 Å². The third kappa shape index (κ3) is 2.64. The van der Waals surface area contributed by atoms with Crippen LogP contribution in [0.25, 0.3) is 11.0 Å². The number of furan rings is 1. The fourth-order valence-corrected chi connectivity index (χ4v) is 1.74. The fourth-order valence-electron chi connectivity index (χ4n) is 1.74. The molecule has 1 N–H and O–H groups in total. The second-order valence-corrected chi connectivity index (χ2v) is 4.30. The molecule has 0 bridgehead atoms. The van der Waals surface area contributed by atoms with Crippen LogP contribution in [0.2, 0.25) is 0 Å². The monoisotopic (exact) mass is 235 g/mol. The van der Waals surface area contributed by atoms with E-state index in [1.54, 1.807) is 6.07 Å². The van der Waals surface area contributed by atoms with E-state index in [1.165, 1.54) is 18.4 Å². The molecule has 0 aliphatic carbocycles. The number of rotatable bonds is 3. The van der Waals surface area contributed by atoms with E-state index in [1.807, 2.05) is 13.8 Å². The van der Waals surface area contributed by atoms with Crippen LogP contribution in [0.5, 0.6) is 0 Å². The molecule has 0 aliphatic rings. The third-order valence-electron chi connectivity index (χ3n) is 2.42. The summed E-state index contributed by atoms with van der Waals surface area (Å²) in [5.74, 6) is -0.420. The van der Waals surface area contributed by atoms with Crippen LogP contribution in [-0.4, -0.2) is 11.9 Å². The number of halogens is 1. The van der Waals surface area contributed by atoms with E-state index in [2.05, 4.69) is 5.32 Å². The van der Waals surface area contributed by atoms with E-state index in [9.17, 15) is 9.18 Å². The zero-order valence-corrected chi connectivity index (χ0v) is 9.79. The van der Waals surface area contributed by atoms with Crippen LogP contribution in [0, 0.1) is 5.82 Å². The van der Waals surface area contributed by atoms with Gasteiger partial charge in [-0.2, -0.15) is 0 Å². The first-order chi connectivity index (χ1) is 8.06. The van der Waals surface area contributed by atoms with Crippen LogP contribution in [0.4, 0.5) is 4.39 Å². The first-order valence-corrected chi connectivity index (χ1v) is 5.51. The SMILES string of the molecule is CC(C)NC(=O)Cc1coc2ccc(F)cc12. The van der Waals surface area contributed by atoms with Crippen LogP contribution in [0.15, 0.2) is 28.9 Å². The summed E-state index contributed by atoms with van der Waals surface area (Å²) in [4.78, 5) is 11.6. The summed E-state index contributed by atoms with van der Waals surface area (Å²) in [5, 5.41) is 3.44. The molecule has 0 spiro atoms. The Morgan fingerprint density at radius 1 is 1.47 bits per heavy atom. The zero-order valence-electron chi connectivity index (χ0n) is 9.79. The highest BCUT2D eigenvalue weighted by Gasteiger charge is 2.11. The average molecular weight is 235 g/mol. The molecule has 0 saturated heterocycles. The van der Waals surface area contributed by atoms with E-state index in [0.29, 0.717) is 16.5 Å². The lowest BCUT2D eigenvalue weighted by Crippen LogP contribution is -2.31. The highest BCUT2D eigenvalue weighted by atomic mass is 19.1. The summed E-state index contributed by atoms with van der Waals surface area (Å²) in [7, 11) is 0. The van der Waals surface area contributed by atoms with Gasteiger partial charge in [-0.15, -0.1) is 0 Å². The lowest BCUT2D eigenvalue weighted by molar-refractivity contribution is -0.120. The van der Waals surface area contributed by atoms with Gasteiger partial charge >= 0.3 is 0 Å². The summed E-state index contributed by atoms with van der Waals surface area (Å²) in [6, 6.07) is 4.38. The topological polar surface area (TPSA) is 42.2 Å². The largest absolute Gasteiger partial charge is 0.464 e. The van der Waals surface area contributed by atoms with Crippen molar-refractivity contribution in [3.63, 3.8) is 0 Å². The van der Waals surface area contributed by atoms with Crippen molar-refractivity contribution in [2.45, 2.75) is 26.3 Å². The second-order valence-electron chi connectivity index (χ2n) is 4.30. The van der Waals surface area contributed by atoms with E-state index < -0.39 is 0 Å². The van der Waals surface area contributed by atoms with Crippen LogP contribution in [-0.2, 0) is 11.2 Å². The molecule has 3 nitrogen and oxygen atoms in total. The molecule has 0 atom stereocenters. The third-order valence-corrected chi connectivity index (χ3v) is 2.42.